The fourth-order valence-corrected chi connectivity index (χ4v) is 3.38. The first-order valence-electron chi connectivity index (χ1n) is 8.31. The fraction of sp³-hybridized carbons (Fsp3) is 0.333. The normalized spacial score (nSPS) is 14.7. The molecule has 1 aliphatic rings. The van der Waals surface area contributed by atoms with E-state index in [4.69, 9.17) is 5.26 Å². The minimum Gasteiger partial charge on any atom is -0.332 e. The molecule has 0 radical (unpaired) electrons. The summed E-state index contributed by atoms with van der Waals surface area (Å²) in [5, 5.41) is 13.4. The average Bonchev–Trinajstić information content (AvgIpc) is 3.15. The number of carbonyl (C=O) groups excluding carboxylic acids is 2. The van der Waals surface area contributed by atoms with Gasteiger partial charge in [-0.1, -0.05) is 12.1 Å². The lowest BCUT2D eigenvalue weighted by Gasteiger charge is -2.33. The van der Waals surface area contributed by atoms with E-state index in [1.54, 1.807) is 34.4 Å². The summed E-state index contributed by atoms with van der Waals surface area (Å²) in [6, 6.07) is 9.04. The van der Waals surface area contributed by atoms with Gasteiger partial charge in [0, 0.05) is 43.8 Å². The van der Waals surface area contributed by atoms with Gasteiger partial charge in [0.1, 0.15) is 0 Å². The number of carbonyl (C=O) groups is 2. The van der Waals surface area contributed by atoms with E-state index in [1.165, 1.54) is 0 Å². The standard InChI is InChI=1S/C18H19N5O2S/c19-5-4-14-2-1-3-15(10-14)21-17(24)18(25)23-8-6-22(7-9-23)11-16-12-26-13-20-16/h1-3,10,12-13H,4,6-9,11H2,(H,21,24). The van der Waals surface area contributed by atoms with Crippen LogP contribution < -0.4 is 5.32 Å². The van der Waals surface area contributed by atoms with Gasteiger partial charge >= 0.3 is 11.8 Å². The molecule has 1 aliphatic heterocycles. The van der Waals surface area contributed by atoms with Gasteiger partial charge in [0.15, 0.2) is 0 Å². The second kappa shape index (κ2) is 8.56. The smallest absolute Gasteiger partial charge is 0.313 e. The molecule has 3 rings (SSSR count). The topological polar surface area (TPSA) is 89.3 Å². The molecule has 1 aromatic heterocycles. The number of piperazine rings is 1. The number of aromatic nitrogens is 1. The highest BCUT2D eigenvalue weighted by Crippen LogP contribution is 2.12. The molecule has 8 heteroatoms. The van der Waals surface area contributed by atoms with Crippen molar-refractivity contribution in [3.8, 4) is 6.07 Å². The first-order chi connectivity index (χ1) is 12.7. The Labute approximate surface area is 155 Å². The third-order valence-corrected chi connectivity index (χ3v) is 4.83. The van der Waals surface area contributed by atoms with E-state index in [9.17, 15) is 9.59 Å². The Bertz CT molecular complexity index is 807. The van der Waals surface area contributed by atoms with Crippen LogP contribution in [-0.4, -0.2) is 52.8 Å². The van der Waals surface area contributed by atoms with E-state index in [-0.39, 0.29) is 6.42 Å². The van der Waals surface area contributed by atoms with Gasteiger partial charge in [-0.3, -0.25) is 14.5 Å². The van der Waals surface area contributed by atoms with Crippen molar-refractivity contribution in [3.63, 3.8) is 0 Å². The lowest BCUT2D eigenvalue weighted by molar-refractivity contribution is -0.144. The Morgan fingerprint density at radius 1 is 1.27 bits per heavy atom. The van der Waals surface area contributed by atoms with Crippen molar-refractivity contribution in [2.45, 2.75) is 13.0 Å². The number of hydrogen-bond acceptors (Lipinski definition) is 6. The number of nitrogens with one attached hydrogen (secondary N) is 1. The minimum absolute atomic E-state index is 0.263. The lowest BCUT2D eigenvalue weighted by atomic mass is 10.1. The summed E-state index contributed by atoms with van der Waals surface area (Å²) in [5.74, 6) is -1.17. The maximum absolute atomic E-state index is 12.4. The molecule has 2 aromatic rings. The van der Waals surface area contributed by atoms with Crippen LogP contribution in [-0.2, 0) is 22.6 Å². The number of anilines is 1. The summed E-state index contributed by atoms with van der Waals surface area (Å²) in [4.78, 5) is 32.7. The van der Waals surface area contributed by atoms with Crippen LogP contribution in [0.2, 0.25) is 0 Å². The van der Waals surface area contributed by atoms with Gasteiger partial charge in [-0.15, -0.1) is 11.3 Å². The van der Waals surface area contributed by atoms with Crippen LogP contribution in [0.15, 0.2) is 35.2 Å². The highest BCUT2D eigenvalue weighted by atomic mass is 32.1. The molecule has 26 heavy (non-hydrogen) atoms. The molecule has 7 nitrogen and oxygen atoms in total. The zero-order chi connectivity index (χ0) is 18.4. The Morgan fingerprint density at radius 3 is 2.77 bits per heavy atom. The molecular weight excluding hydrogens is 350 g/mol. The monoisotopic (exact) mass is 369 g/mol. The van der Waals surface area contributed by atoms with Crippen LogP contribution in [0.3, 0.4) is 0 Å². The zero-order valence-corrected chi connectivity index (χ0v) is 15.0. The van der Waals surface area contributed by atoms with Crippen LogP contribution in [0.5, 0.6) is 0 Å². The fourth-order valence-electron chi connectivity index (χ4n) is 2.83. The molecule has 0 unspecified atom stereocenters. The van der Waals surface area contributed by atoms with Gasteiger partial charge in [0.05, 0.1) is 23.7 Å². The number of nitrogens with zero attached hydrogens (tertiary/aromatic N) is 4. The summed E-state index contributed by atoms with van der Waals surface area (Å²) in [5.41, 5.74) is 4.17. The van der Waals surface area contributed by atoms with Gasteiger partial charge in [0.25, 0.3) is 0 Å². The van der Waals surface area contributed by atoms with Crippen LogP contribution in [0.1, 0.15) is 11.3 Å². The molecule has 134 valence electrons. The van der Waals surface area contributed by atoms with E-state index in [2.05, 4.69) is 21.3 Å². The molecule has 0 bridgehead atoms. The number of thiazole rings is 1. The molecule has 0 atom stereocenters. The maximum atomic E-state index is 12.4. The Kier molecular flexibility index (Phi) is 5.94. The maximum Gasteiger partial charge on any atom is 0.313 e. The molecule has 1 fully saturated rings. The number of benzene rings is 1. The third-order valence-electron chi connectivity index (χ3n) is 4.19. The molecule has 0 aliphatic carbocycles. The van der Waals surface area contributed by atoms with Crippen LogP contribution in [0.4, 0.5) is 5.69 Å². The summed E-state index contributed by atoms with van der Waals surface area (Å²) < 4.78 is 0. The first kappa shape index (κ1) is 18.0. The van der Waals surface area contributed by atoms with E-state index < -0.39 is 11.8 Å². The van der Waals surface area contributed by atoms with Gasteiger partial charge in [-0.05, 0) is 17.7 Å². The summed E-state index contributed by atoms with van der Waals surface area (Å²) >= 11 is 1.57. The number of amides is 2. The Balaban J connectivity index is 1.51. The molecular formula is C18H19N5O2S. The van der Waals surface area contributed by atoms with Gasteiger partial charge in [-0.2, -0.15) is 5.26 Å². The number of nitriles is 1. The van der Waals surface area contributed by atoms with Crippen LogP contribution in [0.25, 0.3) is 0 Å². The van der Waals surface area contributed by atoms with Gasteiger partial charge in [0.2, 0.25) is 0 Å². The minimum atomic E-state index is -0.646. The zero-order valence-electron chi connectivity index (χ0n) is 14.2. The largest absolute Gasteiger partial charge is 0.332 e. The average molecular weight is 369 g/mol. The van der Waals surface area contributed by atoms with Crippen molar-refractivity contribution in [3.05, 3.63) is 46.4 Å². The molecule has 0 saturated carbocycles. The highest BCUT2D eigenvalue weighted by molar-refractivity contribution is 7.07. The van der Waals surface area contributed by atoms with Gasteiger partial charge < -0.3 is 10.2 Å². The SMILES string of the molecule is N#CCc1cccc(NC(=O)C(=O)N2CCN(Cc3cscn3)CC2)c1. The second-order valence-corrected chi connectivity index (χ2v) is 6.76. The predicted molar refractivity (Wildman–Crippen MR) is 98.4 cm³/mol. The molecule has 1 aromatic carbocycles. The summed E-state index contributed by atoms with van der Waals surface area (Å²) in [6.07, 6.45) is 0.263. The van der Waals surface area contributed by atoms with Gasteiger partial charge in [-0.25, -0.2) is 4.98 Å². The van der Waals surface area contributed by atoms with Crippen molar-refractivity contribution in [1.29, 1.82) is 5.26 Å². The van der Waals surface area contributed by atoms with Crippen molar-refractivity contribution < 1.29 is 9.59 Å². The van der Waals surface area contributed by atoms with E-state index >= 15 is 0 Å². The van der Waals surface area contributed by atoms with Crippen molar-refractivity contribution in [2.75, 3.05) is 31.5 Å². The first-order valence-corrected chi connectivity index (χ1v) is 9.25. The molecule has 2 amide bonds. The van der Waals surface area contributed by atoms with Crippen molar-refractivity contribution >= 4 is 28.8 Å². The summed E-state index contributed by atoms with van der Waals surface area (Å²) in [7, 11) is 0. The molecule has 0 spiro atoms. The molecule has 2 heterocycles. The van der Waals surface area contributed by atoms with E-state index in [0.717, 1.165) is 17.8 Å². The second-order valence-electron chi connectivity index (χ2n) is 6.04. The van der Waals surface area contributed by atoms with Crippen LogP contribution in [0, 0.1) is 11.3 Å². The number of hydrogen-bond donors (Lipinski definition) is 1. The Morgan fingerprint density at radius 2 is 2.08 bits per heavy atom. The Hall–Kier alpha value is -2.76. The predicted octanol–water partition coefficient (Wildman–Crippen LogP) is 1.49. The number of rotatable bonds is 4. The molecule has 1 saturated heterocycles. The van der Waals surface area contributed by atoms with Crippen LogP contribution >= 0.6 is 11.3 Å². The van der Waals surface area contributed by atoms with Crippen molar-refractivity contribution in [1.82, 2.24) is 14.8 Å². The lowest BCUT2D eigenvalue weighted by Crippen LogP contribution is -2.51. The van der Waals surface area contributed by atoms with Crippen molar-refractivity contribution in [2.24, 2.45) is 0 Å². The van der Waals surface area contributed by atoms with E-state index in [1.807, 2.05) is 17.0 Å². The van der Waals surface area contributed by atoms with E-state index in [0.29, 0.717) is 31.9 Å². The summed E-state index contributed by atoms with van der Waals surface area (Å²) in [6.45, 7) is 3.24. The quantitative estimate of drug-likeness (QED) is 0.825. The highest BCUT2D eigenvalue weighted by Gasteiger charge is 2.26. The molecule has 1 N–H and O–H groups in total. The third kappa shape index (κ3) is 4.65.